The molecule has 1 amide bonds. The molecule has 1 aromatic heterocycles. The third-order valence-corrected chi connectivity index (χ3v) is 4.91. The van der Waals surface area contributed by atoms with Crippen LogP contribution in [-0.2, 0) is 11.3 Å². The van der Waals surface area contributed by atoms with Gasteiger partial charge in [0.15, 0.2) is 0 Å². The molecular formula is C17H18FN3O3S. The molecule has 0 saturated carbocycles. The van der Waals surface area contributed by atoms with Crippen LogP contribution in [0.25, 0.3) is 11.3 Å². The van der Waals surface area contributed by atoms with Crippen LogP contribution in [0.15, 0.2) is 35.1 Å². The smallest absolute Gasteiger partial charge is 0.267 e. The molecule has 0 N–H and O–H groups in total. The normalized spacial score (nSPS) is 14.4. The second-order valence-corrected chi connectivity index (χ2v) is 6.78. The van der Waals surface area contributed by atoms with E-state index in [-0.39, 0.29) is 18.0 Å². The van der Waals surface area contributed by atoms with Crippen molar-refractivity contribution in [3.05, 3.63) is 46.5 Å². The maximum atomic E-state index is 14.2. The third kappa shape index (κ3) is 4.01. The second-order valence-electron chi connectivity index (χ2n) is 5.55. The Bertz CT molecular complexity index is 834. The monoisotopic (exact) mass is 363 g/mol. The molecule has 0 radical (unpaired) electrons. The summed E-state index contributed by atoms with van der Waals surface area (Å²) >= 11 is 1.80. The minimum absolute atomic E-state index is 0.144. The van der Waals surface area contributed by atoms with Crippen LogP contribution in [0.5, 0.6) is 5.75 Å². The Hall–Kier alpha value is -2.35. The van der Waals surface area contributed by atoms with Crippen molar-refractivity contribution in [1.82, 2.24) is 14.7 Å². The highest BCUT2D eigenvalue weighted by Gasteiger charge is 2.18. The quantitative estimate of drug-likeness (QED) is 0.826. The number of carbonyl (C=O) groups is 1. The van der Waals surface area contributed by atoms with Gasteiger partial charge in [0.25, 0.3) is 5.56 Å². The van der Waals surface area contributed by atoms with Crippen molar-refractivity contribution in [2.75, 3.05) is 31.7 Å². The molecule has 1 fully saturated rings. The van der Waals surface area contributed by atoms with Crippen molar-refractivity contribution < 1.29 is 13.9 Å². The molecule has 0 atom stereocenters. The van der Waals surface area contributed by atoms with Crippen LogP contribution in [0, 0.1) is 5.82 Å². The number of hydrogen-bond acceptors (Lipinski definition) is 5. The molecule has 1 aromatic carbocycles. The van der Waals surface area contributed by atoms with Gasteiger partial charge in [0.1, 0.15) is 18.1 Å². The maximum Gasteiger partial charge on any atom is 0.267 e. The molecular weight excluding hydrogens is 345 g/mol. The van der Waals surface area contributed by atoms with Gasteiger partial charge in [-0.25, -0.2) is 9.07 Å². The fourth-order valence-corrected chi connectivity index (χ4v) is 3.48. The highest BCUT2D eigenvalue weighted by Crippen LogP contribution is 2.24. The molecule has 0 aliphatic carbocycles. The SMILES string of the molecule is COc1ccc(-c2ccc(=O)n(CC(=O)N3CCSCC3)n2)c(F)c1. The molecule has 0 spiro atoms. The van der Waals surface area contributed by atoms with Gasteiger partial charge >= 0.3 is 0 Å². The first-order valence-corrected chi connectivity index (χ1v) is 9.01. The van der Waals surface area contributed by atoms with E-state index in [4.69, 9.17) is 4.74 Å². The summed E-state index contributed by atoms with van der Waals surface area (Å²) < 4.78 is 20.3. The molecule has 0 unspecified atom stereocenters. The van der Waals surface area contributed by atoms with Crippen LogP contribution in [0.2, 0.25) is 0 Å². The topological polar surface area (TPSA) is 64.4 Å². The largest absolute Gasteiger partial charge is 0.497 e. The lowest BCUT2D eigenvalue weighted by Gasteiger charge is -2.26. The fraction of sp³-hybridized carbons (Fsp3) is 0.353. The standard InChI is InChI=1S/C17H18FN3O3S/c1-24-12-2-3-13(14(18)10-12)15-4-5-16(22)21(19-15)11-17(23)20-6-8-25-9-7-20/h2-5,10H,6-9,11H2,1H3. The summed E-state index contributed by atoms with van der Waals surface area (Å²) in [4.78, 5) is 26.1. The lowest BCUT2D eigenvalue weighted by molar-refractivity contribution is -0.131. The van der Waals surface area contributed by atoms with Crippen LogP contribution < -0.4 is 10.3 Å². The minimum atomic E-state index is -0.503. The van der Waals surface area contributed by atoms with Crippen molar-refractivity contribution in [3.8, 4) is 17.0 Å². The van der Waals surface area contributed by atoms with Crippen molar-refractivity contribution in [1.29, 1.82) is 0 Å². The summed E-state index contributed by atoms with van der Waals surface area (Å²) in [5.41, 5.74) is 0.149. The van der Waals surface area contributed by atoms with Gasteiger partial charge in [0, 0.05) is 42.3 Å². The van der Waals surface area contributed by atoms with E-state index in [0.29, 0.717) is 24.5 Å². The van der Waals surface area contributed by atoms with E-state index >= 15 is 0 Å². The first-order valence-electron chi connectivity index (χ1n) is 7.86. The van der Waals surface area contributed by atoms with E-state index in [1.165, 1.54) is 31.4 Å². The Kier molecular flexibility index (Phi) is 5.37. The number of amides is 1. The van der Waals surface area contributed by atoms with Gasteiger partial charge in [-0.3, -0.25) is 9.59 Å². The number of nitrogens with zero attached hydrogens (tertiary/aromatic N) is 3. The minimum Gasteiger partial charge on any atom is -0.497 e. The van der Waals surface area contributed by atoms with Crippen molar-refractivity contribution in [2.45, 2.75) is 6.54 Å². The van der Waals surface area contributed by atoms with Gasteiger partial charge in [-0.05, 0) is 18.2 Å². The summed E-state index contributed by atoms with van der Waals surface area (Å²) in [6.07, 6.45) is 0. The predicted octanol–water partition coefficient (Wildman–Crippen LogP) is 1.63. The summed E-state index contributed by atoms with van der Waals surface area (Å²) in [7, 11) is 1.46. The summed E-state index contributed by atoms with van der Waals surface area (Å²) in [5, 5.41) is 4.16. The molecule has 1 aliphatic heterocycles. The molecule has 25 heavy (non-hydrogen) atoms. The number of aromatic nitrogens is 2. The first-order chi connectivity index (χ1) is 12.1. The highest BCUT2D eigenvalue weighted by atomic mass is 32.2. The molecule has 2 aromatic rings. The number of hydrogen-bond donors (Lipinski definition) is 0. The number of carbonyl (C=O) groups excluding carboxylic acids is 1. The zero-order chi connectivity index (χ0) is 17.8. The summed E-state index contributed by atoms with van der Waals surface area (Å²) in [5.74, 6) is 1.53. The second kappa shape index (κ2) is 7.69. The zero-order valence-electron chi connectivity index (χ0n) is 13.8. The Balaban J connectivity index is 1.85. The fourth-order valence-electron chi connectivity index (χ4n) is 2.58. The molecule has 1 aliphatic rings. The van der Waals surface area contributed by atoms with Crippen molar-refractivity contribution >= 4 is 17.7 Å². The lowest BCUT2D eigenvalue weighted by Crippen LogP contribution is -2.41. The Labute approximate surface area is 148 Å². The van der Waals surface area contributed by atoms with Crippen LogP contribution in [0.3, 0.4) is 0 Å². The number of benzene rings is 1. The molecule has 132 valence electrons. The zero-order valence-corrected chi connectivity index (χ0v) is 14.6. The van der Waals surface area contributed by atoms with Crippen LogP contribution in [0.4, 0.5) is 4.39 Å². The van der Waals surface area contributed by atoms with Gasteiger partial charge < -0.3 is 9.64 Å². The molecule has 2 heterocycles. The number of rotatable bonds is 4. The average molecular weight is 363 g/mol. The molecule has 6 nitrogen and oxygen atoms in total. The van der Waals surface area contributed by atoms with Crippen LogP contribution in [0.1, 0.15) is 0 Å². The van der Waals surface area contributed by atoms with Gasteiger partial charge in [-0.15, -0.1) is 0 Å². The molecule has 0 bridgehead atoms. The number of thioether (sulfide) groups is 1. The van der Waals surface area contributed by atoms with E-state index in [1.807, 2.05) is 0 Å². The predicted molar refractivity (Wildman–Crippen MR) is 94.3 cm³/mol. The van der Waals surface area contributed by atoms with E-state index < -0.39 is 11.4 Å². The molecule has 8 heteroatoms. The average Bonchev–Trinajstić information content (AvgIpc) is 2.64. The molecule has 1 saturated heterocycles. The van der Waals surface area contributed by atoms with E-state index in [2.05, 4.69) is 5.10 Å². The van der Waals surface area contributed by atoms with Crippen LogP contribution >= 0.6 is 11.8 Å². The van der Waals surface area contributed by atoms with Gasteiger partial charge in [0.05, 0.1) is 12.8 Å². The summed E-state index contributed by atoms with van der Waals surface area (Å²) in [6, 6.07) is 7.15. The number of methoxy groups -OCH3 is 1. The van der Waals surface area contributed by atoms with E-state index in [0.717, 1.165) is 16.2 Å². The number of halogens is 1. The molecule has 3 rings (SSSR count). The van der Waals surface area contributed by atoms with E-state index in [1.54, 1.807) is 22.7 Å². The van der Waals surface area contributed by atoms with Crippen LogP contribution in [-0.4, -0.2) is 52.3 Å². The highest BCUT2D eigenvalue weighted by molar-refractivity contribution is 7.99. The Morgan fingerprint density at radius 3 is 2.72 bits per heavy atom. The maximum absolute atomic E-state index is 14.2. The van der Waals surface area contributed by atoms with Gasteiger partial charge in [-0.2, -0.15) is 16.9 Å². The van der Waals surface area contributed by atoms with Crippen molar-refractivity contribution in [2.24, 2.45) is 0 Å². The Morgan fingerprint density at radius 2 is 2.04 bits per heavy atom. The van der Waals surface area contributed by atoms with Crippen molar-refractivity contribution in [3.63, 3.8) is 0 Å². The van der Waals surface area contributed by atoms with Gasteiger partial charge in [-0.1, -0.05) is 0 Å². The first kappa shape index (κ1) is 17.5. The summed E-state index contributed by atoms with van der Waals surface area (Å²) in [6.45, 7) is 1.20. The third-order valence-electron chi connectivity index (χ3n) is 3.97. The van der Waals surface area contributed by atoms with E-state index in [9.17, 15) is 14.0 Å². The Morgan fingerprint density at radius 1 is 1.28 bits per heavy atom. The lowest BCUT2D eigenvalue weighted by atomic mass is 10.1. The number of ether oxygens (including phenoxy) is 1. The van der Waals surface area contributed by atoms with Gasteiger partial charge in [0.2, 0.25) is 5.91 Å².